The second-order valence-electron chi connectivity index (χ2n) is 5.26. The van der Waals surface area contributed by atoms with E-state index in [4.69, 9.17) is 0 Å². The Morgan fingerprint density at radius 2 is 1.50 bits per heavy atom. The van der Waals surface area contributed by atoms with Crippen molar-refractivity contribution >= 4 is 30.5 Å². The summed E-state index contributed by atoms with van der Waals surface area (Å²) in [5.41, 5.74) is 1.24. The summed E-state index contributed by atoms with van der Waals surface area (Å²) in [6, 6.07) is 10.5. The van der Waals surface area contributed by atoms with E-state index in [0.717, 1.165) is 6.54 Å². The zero-order valence-electron chi connectivity index (χ0n) is 12.2. The molecular weight excluding hydrogens is 291 g/mol. The Morgan fingerprint density at radius 1 is 0.850 bits per heavy atom. The Kier molecular flexibility index (Phi) is 12.0. The number of hydrogen-bond acceptors (Lipinski definition) is 2. The minimum absolute atomic E-state index is 0. The molecule has 0 unspecified atom stereocenters. The number of unbranched alkanes of at least 4 members (excludes halogenated alkanes) is 1. The van der Waals surface area contributed by atoms with Crippen LogP contribution in [-0.2, 0) is 0 Å². The van der Waals surface area contributed by atoms with Crippen LogP contribution in [0.25, 0.3) is 0 Å². The Hall–Kier alpha value is -0.440. The van der Waals surface area contributed by atoms with Gasteiger partial charge in [0.1, 0.15) is 0 Å². The molecule has 0 aromatic heterocycles. The lowest BCUT2D eigenvalue weighted by Crippen LogP contribution is -2.26. The molecule has 1 heterocycles. The van der Waals surface area contributed by atoms with E-state index >= 15 is 0 Å². The van der Waals surface area contributed by atoms with E-state index in [2.05, 4.69) is 40.5 Å². The van der Waals surface area contributed by atoms with Gasteiger partial charge in [-0.3, -0.25) is 0 Å². The zero-order valence-corrected chi connectivity index (χ0v) is 13.9. The van der Waals surface area contributed by atoms with Crippen LogP contribution in [0, 0.1) is 0 Å². The van der Waals surface area contributed by atoms with Gasteiger partial charge in [0.15, 0.2) is 0 Å². The van der Waals surface area contributed by atoms with Gasteiger partial charge in [0.25, 0.3) is 0 Å². The SMILES string of the molecule is Cl.Cl.c1ccc(NCCCCN2CCCCCC2)cc1. The maximum atomic E-state index is 3.48. The third-order valence-electron chi connectivity index (χ3n) is 3.70. The first kappa shape index (κ1) is 19.6. The van der Waals surface area contributed by atoms with Gasteiger partial charge >= 0.3 is 0 Å². The van der Waals surface area contributed by atoms with Crippen LogP contribution in [0.3, 0.4) is 0 Å². The number of nitrogens with zero attached hydrogens (tertiary/aromatic N) is 1. The van der Waals surface area contributed by atoms with E-state index in [1.165, 1.54) is 63.8 Å². The lowest BCUT2D eigenvalue weighted by atomic mass is 10.2. The van der Waals surface area contributed by atoms with Crippen molar-refractivity contribution in [3.63, 3.8) is 0 Å². The standard InChI is InChI=1S/C16H26N2.2ClH/c1-2-8-14-18(13-7-1)15-9-6-12-17-16-10-4-3-5-11-16;;/h3-5,10-11,17H,1-2,6-9,12-15H2;2*1H. The largest absolute Gasteiger partial charge is 0.385 e. The second kappa shape index (κ2) is 12.3. The first-order valence-electron chi connectivity index (χ1n) is 7.46. The normalized spacial score (nSPS) is 15.6. The molecule has 0 radical (unpaired) electrons. The quantitative estimate of drug-likeness (QED) is 0.771. The lowest BCUT2D eigenvalue weighted by molar-refractivity contribution is 0.280. The molecule has 2 nitrogen and oxygen atoms in total. The maximum absolute atomic E-state index is 3.48. The number of benzene rings is 1. The highest BCUT2D eigenvalue weighted by molar-refractivity contribution is 5.85. The fraction of sp³-hybridized carbons (Fsp3) is 0.625. The van der Waals surface area contributed by atoms with E-state index < -0.39 is 0 Å². The molecule has 0 saturated carbocycles. The zero-order chi connectivity index (χ0) is 12.5. The summed E-state index contributed by atoms with van der Waals surface area (Å²) in [5.74, 6) is 0. The molecule has 0 spiro atoms. The maximum Gasteiger partial charge on any atom is 0.0340 e. The molecule has 116 valence electrons. The molecule has 1 fully saturated rings. The van der Waals surface area contributed by atoms with Gasteiger partial charge < -0.3 is 10.2 Å². The third-order valence-corrected chi connectivity index (χ3v) is 3.70. The van der Waals surface area contributed by atoms with Gasteiger partial charge in [0.2, 0.25) is 0 Å². The summed E-state index contributed by atoms with van der Waals surface area (Å²) < 4.78 is 0. The summed E-state index contributed by atoms with van der Waals surface area (Å²) in [5, 5.41) is 3.48. The van der Waals surface area contributed by atoms with Crippen molar-refractivity contribution in [1.82, 2.24) is 4.90 Å². The molecule has 2 rings (SSSR count). The average Bonchev–Trinajstić information content (AvgIpc) is 2.68. The van der Waals surface area contributed by atoms with Gasteiger partial charge in [-0.1, -0.05) is 31.0 Å². The number of para-hydroxylation sites is 1. The van der Waals surface area contributed by atoms with E-state index in [1.807, 2.05) is 0 Å². The molecule has 1 saturated heterocycles. The van der Waals surface area contributed by atoms with Crippen LogP contribution in [-0.4, -0.2) is 31.1 Å². The van der Waals surface area contributed by atoms with Crippen LogP contribution in [0.1, 0.15) is 38.5 Å². The Morgan fingerprint density at radius 3 is 2.15 bits per heavy atom. The Labute approximate surface area is 136 Å². The summed E-state index contributed by atoms with van der Waals surface area (Å²) in [7, 11) is 0. The van der Waals surface area contributed by atoms with Gasteiger partial charge in [0, 0.05) is 12.2 Å². The number of anilines is 1. The monoisotopic (exact) mass is 318 g/mol. The summed E-state index contributed by atoms with van der Waals surface area (Å²) in [6.07, 6.45) is 8.27. The second-order valence-corrected chi connectivity index (χ2v) is 5.26. The molecule has 20 heavy (non-hydrogen) atoms. The molecule has 1 aliphatic rings. The number of likely N-dealkylation sites (tertiary alicyclic amines) is 1. The minimum atomic E-state index is 0. The van der Waals surface area contributed by atoms with Crippen LogP contribution in [0.4, 0.5) is 5.69 Å². The van der Waals surface area contributed by atoms with E-state index in [9.17, 15) is 0 Å². The molecule has 1 aromatic carbocycles. The van der Waals surface area contributed by atoms with Gasteiger partial charge in [-0.2, -0.15) is 0 Å². The van der Waals surface area contributed by atoms with Crippen LogP contribution in [0.15, 0.2) is 30.3 Å². The summed E-state index contributed by atoms with van der Waals surface area (Å²) >= 11 is 0. The fourth-order valence-corrected chi connectivity index (χ4v) is 2.61. The van der Waals surface area contributed by atoms with Gasteiger partial charge in [-0.15, -0.1) is 24.8 Å². The van der Waals surface area contributed by atoms with Crippen molar-refractivity contribution in [2.75, 3.05) is 31.5 Å². The topological polar surface area (TPSA) is 15.3 Å². The van der Waals surface area contributed by atoms with E-state index in [0.29, 0.717) is 0 Å². The average molecular weight is 319 g/mol. The number of hydrogen-bond donors (Lipinski definition) is 1. The Balaban J connectivity index is 0.00000180. The van der Waals surface area contributed by atoms with Gasteiger partial charge in [-0.25, -0.2) is 0 Å². The van der Waals surface area contributed by atoms with Gasteiger partial charge in [-0.05, 0) is 57.5 Å². The summed E-state index contributed by atoms with van der Waals surface area (Å²) in [6.45, 7) is 5.03. The van der Waals surface area contributed by atoms with E-state index in [-0.39, 0.29) is 24.8 Å². The van der Waals surface area contributed by atoms with Crippen LogP contribution < -0.4 is 5.32 Å². The minimum Gasteiger partial charge on any atom is -0.385 e. The highest BCUT2D eigenvalue weighted by atomic mass is 35.5. The van der Waals surface area contributed by atoms with Crippen molar-refractivity contribution < 1.29 is 0 Å². The first-order valence-corrected chi connectivity index (χ1v) is 7.46. The predicted molar refractivity (Wildman–Crippen MR) is 93.6 cm³/mol. The summed E-state index contributed by atoms with van der Waals surface area (Å²) in [4.78, 5) is 2.65. The molecule has 0 bridgehead atoms. The molecular formula is C16H28Cl2N2. The predicted octanol–water partition coefficient (Wildman–Crippen LogP) is 4.60. The number of nitrogens with one attached hydrogen (secondary N) is 1. The highest BCUT2D eigenvalue weighted by Gasteiger charge is 2.07. The molecule has 1 N–H and O–H groups in total. The van der Waals surface area contributed by atoms with Crippen molar-refractivity contribution in [2.45, 2.75) is 38.5 Å². The van der Waals surface area contributed by atoms with Crippen LogP contribution >= 0.6 is 24.8 Å². The van der Waals surface area contributed by atoms with Crippen molar-refractivity contribution in [2.24, 2.45) is 0 Å². The third kappa shape index (κ3) is 7.98. The molecule has 0 atom stereocenters. The number of halogens is 2. The molecule has 1 aliphatic heterocycles. The fourth-order valence-electron chi connectivity index (χ4n) is 2.61. The molecule has 4 heteroatoms. The van der Waals surface area contributed by atoms with Crippen molar-refractivity contribution in [3.8, 4) is 0 Å². The highest BCUT2D eigenvalue weighted by Crippen LogP contribution is 2.10. The molecule has 0 amide bonds. The van der Waals surface area contributed by atoms with Crippen LogP contribution in [0.2, 0.25) is 0 Å². The van der Waals surface area contributed by atoms with E-state index in [1.54, 1.807) is 0 Å². The van der Waals surface area contributed by atoms with Crippen molar-refractivity contribution in [1.29, 1.82) is 0 Å². The lowest BCUT2D eigenvalue weighted by Gasteiger charge is -2.19. The first-order chi connectivity index (χ1) is 8.95. The van der Waals surface area contributed by atoms with Crippen molar-refractivity contribution in [3.05, 3.63) is 30.3 Å². The number of rotatable bonds is 6. The smallest absolute Gasteiger partial charge is 0.0340 e. The molecule has 1 aromatic rings. The molecule has 0 aliphatic carbocycles. The Bertz CT molecular complexity index is 312. The van der Waals surface area contributed by atoms with Crippen LogP contribution in [0.5, 0.6) is 0 Å². The van der Waals surface area contributed by atoms with Gasteiger partial charge in [0.05, 0.1) is 0 Å².